The molecule has 0 aliphatic carbocycles. The zero-order valence-electron chi connectivity index (χ0n) is 9.13. The van der Waals surface area contributed by atoms with Gasteiger partial charge in [-0.2, -0.15) is 36.4 Å². The van der Waals surface area contributed by atoms with E-state index in [-0.39, 0.29) is 20.1 Å². The molecule has 0 aliphatic heterocycles. The van der Waals surface area contributed by atoms with E-state index in [1.807, 2.05) is 60.7 Å². The van der Waals surface area contributed by atoms with Crippen LogP contribution in [0.25, 0.3) is 10.8 Å². The van der Waals surface area contributed by atoms with Gasteiger partial charge in [-0.25, -0.2) is 0 Å². The fourth-order valence-corrected chi connectivity index (χ4v) is 1.31. The molecule has 0 spiro atoms. The van der Waals surface area contributed by atoms with Crippen LogP contribution in [0.4, 0.5) is 0 Å². The molecule has 0 bridgehead atoms. The fourth-order valence-electron chi connectivity index (χ4n) is 1.31. The van der Waals surface area contributed by atoms with Gasteiger partial charge < -0.3 is 4.98 Å². The summed E-state index contributed by atoms with van der Waals surface area (Å²) in [6, 6.07) is 22.5. The van der Waals surface area contributed by atoms with Gasteiger partial charge in [0.1, 0.15) is 0 Å². The molecule has 1 aromatic heterocycles. The van der Waals surface area contributed by atoms with Crippen molar-refractivity contribution in [3.8, 4) is 0 Å². The quantitative estimate of drug-likeness (QED) is 0.529. The van der Waals surface area contributed by atoms with Gasteiger partial charge in [0.2, 0.25) is 0 Å². The number of fused-ring (bicyclic) bond motifs is 1. The molecule has 2 aromatic carbocycles. The minimum absolute atomic E-state index is 0. The van der Waals surface area contributed by atoms with E-state index in [0.29, 0.717) is 0 Å². The average molecular weight is 397 g/mol. The van der Waals surface area contributed by atoms with Crippen LogP contribution in [0.5, 0.6) is 0 Å². The van der Waals surface area contributed by atoms with Gasteiger partial charge in [-0.1, -0.05) is 18.3 Å². The maximum atomic E-state index is 3.89. The summed E-state index contributed by atoms with van der Waals surface area (Å²) < 4.78 is 0. The van der Waals surface area contributed by atoms with Crippen molar-refractivity contribution in [2.75, 3.05) is 0 Å². The first-order valence-electron chi connectivity index (χ1n) is 5.09. The van der Waals surface area contributed by atoms with Crippen LogP contribution in [0.1, 0.15) is 0 Å². The van der Waals surface area contributed by atoms with Crippen LogP contribution in [0.3, 0.4) is 0 Å². The van der Waals surface area contributed by atoms with Crippen LogP contribution in [-0.4, -0.2) is 4.98 Å². The predicted octanol–water partition coefficient (Wildman–Crippen LogP) is 3.52. The molecule has 17 heavy (non-hydrogen) atoms. The van der Waals surface area contributed by atoms with Crippen molar-refractivity contribution in [1.29, 1.82) is 0 Å². The van der Waals surface area contributed by atoms with Crippen LogP contribution >= 0.6 is 0 Å². The summed E-state index contributed by atoms with van der Waals surface area (Å²) in [6.45, 7) is 0. The fraction of sp³-hybridized carbons (Fsp3) is 0. The van der Waals surface area contributed by atoms with Crippen molar-refractivity contribution in [2.45, 2.75) is 0 Å². The second-order valence-corrected chi connectivity index (χ2v) is 3.22. The Kier molecular flexibility index (Phi) is 6.16. The van der Waals surface area contributed by atoms with Gasteiger partial charge in [-0.15, -0.1) is 29.0 Å². The first-order chi connectivity index (χ1) is 7.97. The normalized spacial score (nSPS) is 8.71. The topological polar surface area (TPSA) is 12.9 Å². The average Bonchev–Trinajstić information content (AvgIpc) is 2.42. The molecule has 1 heterocycles. The number of nitrogens with zero attached hydrogens (tertiary/aromatic N) is 1. The Morgan fingerprint density at radius 2 is 1.59 bits per heavy atom. The van der Waals surface area contributed by atoms with Crippen molar-refractivity contribution in [3.05, 3.63) is 79.1 Å². The second-order valence-electron chi connectivity index (χ2n) is 3.22. The second kappa shape index (κ2) is 7.72. The van der Waals surface area contributed by atoms with Gasteiger partial charge >= 0.3 is 0 Å². The third-order valence-corrected chi connectivity index (χ3v) is 2.08. The Bertz CT molecular complexity index is 445. The van der Waals surface area contributed by atoms with E-state index in [0.717, 1.165) is 5.39 Å². The summed E-state index contributed by atoms with van der Waals surface area (Å²) in [6.07, 6.45) is 4.65. The number of rotatable bonds is 0. The Morgan fingerprint density at radius 1 is 0.824 bits per heavy atom. The molecule has 0 saturated heterocycles. The largest absolute Gasteiger partial charge is 0.360 e. The molecule has 87 valence electrons. The van der Waals surface area contributed by atoms with E-state index in [4.69, 9.17) is 0 Å². The van der Waals surface area contributed by atoms with E-state index >= 15 is 0 Å². The minimum atomic E-state index is 0. The third-order valence-electron chi connectivity index (χ3n) is 2.08. The van der Waals surface area contributed by atoms with Crippen LogP contribution in [0.15, 0.2) is 66.9 Å². The molecule has 0 saturated carbocycles. The number of hydrogen-bond acceptors (Lipinski definition) is 1. The summed E-state index contributed by atoms with van der Waals surface area (Å²) in [7, 11) is 0. The molecule has 3 aromatic rings. The van der Waals surface area contributed by atoms with Gasteiger partial charge in [0.15, 0.2) is 0 Å². The molecule has 2 heteroatoms. The first-order valence-corrected chi connectivity index (χ1v) is 5.09. The van der Waals surface area contributed by atoms with E-state index in [1.54, 1.807) is 6.20 Å². The zero-order valence-corrected chi connectivity index (χ0v) is 11.5. The number of hydrogen-bond donors (Lipinski definition) is 0. The maximum absolute atomic E-state index is 3.89. The summed E-state index contributed by atoms with van der Waals surface area (Å²) in [4.78, 5) is 3.89. The van der Waals surface area contributed by atoms with Crippen molar-refractivity contribution < 1.29 is 20.1 Å². The van der Waals surface area contributed by atoms with Crippen LogP contribution in [0.2, 0.25) is 0 Å². The third kappa shape index (κ3) is 4.47. The Morgan fingerprint density at radius 3 is 2.18 bits per heavy atom. The summed E-state index contributed by atoms with van der Waals surface area (Å²) in [5.41, 5.74) is 0. The SMILES string of the molecule is [Ir].[c-]1ccccc1.[c-]1nccc2ccccc12. The smallest absolute Gasteiger partial charge is 0 e. The van der Waals surface area contributed by atoms with E-state index in [9.17, 15) is 0 Å². The minimum Gasteiger partial charge on any atom is -0.360 e. The van der Waals surface area contributed by atoms with Crippen molar-refractivity contribution in [1.82, 2.24) is 4.98 Å². The molecule has 0 amide bonds. The zero-order chi connectivity index (χ0) is 11.1. The van der Waals surface area contributed by atoms with E-state index < -0.39 is 0 Å². The van der Waals surface area contributed by atoms with Gasteiger partial charge in [0, 0.05) is 20.1 Å². The Balaban J connectivity index is 0.000000180. The van der Waals surface area contributed by atoms with Crippen LogP contribution < -0.4 is 0 Å². The monoisotopic (exact) mass is 398 g/mol. The van der Waals surface area contributed by atoms with Gasteiger partial charge in [-0.05, 0) is 6.20 Å². The molecule has 0 aliphatic rings. The first kappa shape index (κ1) is 13.6. The van der Waals surface area contributed by atoms with Gasteiger partial charge in [-0.3, -0.25) is 0 Å². The molecule has 0 atom stereocenters. The maximum Gasteiger partial charge on any atom is 0 e. The molecule has 0 fully saturated rings. The Labute approximate surface area is 115 Å². The molecule has 1 radical (unpaired) electrons. The molecular weight excluding hydrogens is 386 g/mol. The predicted molar refractivity (Wildman–Crippen MR) is 65.9 cm³/mol. The summed E-state index contributed by atoms with van der Waals surface area (Å²) in [5, 5.41) is 2.27. The van der Waals surface area contributed by atoms with E-state index in [1.165, 1.54) is 5.39 Å². The molecule has 0 N–H and O–H groups in total. The summed E-state index contributed by atoms with van der Waals surface area (Å²) in [5.74, 6) is 0. The number of aromatic nitrogens is 1. The molecule has 0 unspecified atom stereocenters. The summed E-state index contributed by atoms with van der Waals surface area (Å²) >= 11 is 0. The molecule has 1 nitrogen and oxygen atoms in total. The van der Waals surface area contributed by atoms with Gasteiger partial charge in [0.05, 0.1) is 0 Å². The Hall–Kier alpha value is -1.50. The molecular formula is C15H11IrN-2. The standard InChI is InChI=1S/C9H6N.C6H5.Ir/c1-2-4-9-7-10-6-5-8(9)3-1;1-2-4-6-5-3-1;/h1-6H;1-5H;/q2*-1;. The van der Waals surface area contributed by atoms with Crippen LogP contribution in [-0.2, 0) is 20.1 Å². The molecule has 3 rings (SSSR count). The van der Waals surface area contributed by atoms with Crippen LogP contribution in [0, 0.1) is 12.3 Å². The number of benzene rings is 2. The van der Waals surface area contributed by atoms with Gasteiger partial charge in [0.25, 0.3) is 0 Å². The van der Waals surface area contributed by atoms with Crippen molar-refractivity contribution in [2.24, 2.45) is 0 Å². The van der Waals surface area contributed by atoms with Crippen molar-refractivity contribution >= 4 is 10.8 Å². The van der Waals surface area contributed by atoms with Crippen molar-refractivity contribution in [3.63, 3.8) is 0 Å². The van der Waals surface area contributed by atoms with E-state index in [2.05, 4.69) is 17.2 Å². The number of pyridine rings is 1.